The average Bonchev–Trinajstić information content (AvgIpc) is 3.46. The van der Waals surface area contributed by atoms with E-state index in [0.29, 0.717) is 16.1 Å². The van der Waals surface area contributed by atoms with E-state index in [1.807, 2.05) is 36.3 Å². The molecule has 1 aliphatic heterocycles. The Morgan fingerprint density at radius 1 is 1.30 bits per heavy atom. The SMILES string of the molecule is Cc1ncc(C2C3CCc4cc(C(=O)NCCS(C)(=O)=O)ccc4C3=NN2c2ccc(C#N)c(Cl)c2)s1. The zero-order valence-electron chi connectivity index (χ0n) is 20.2. The Kier molecular flexibility index (Phi) is 6.79. The number of nitriles is 1. The monoisotopic (exact) mass is 553 g/mol. The van der Waals surface area contributed by atoms with Crippen molar-refractivity contribution in [2.45, 2.75) is 25.8 Å². The Bertz CT molecular complexity index is 1570. The highest BCUT2D eigenvalue weighted by atomic mass is 35.5. The lowest BCUT2D eigenvalue weighted by Gasteiger charge is -2.29. The Morgan fingerprint density at radius 3 is 2.78 bits per heavy atom. The standard InChI is InChI=1S/C26H24ClN5O3S2/c1-15-30-14-23(36-15)25-21-8-4-16-11-17(26(33)29-9-10-37(2,34)35)5-7-20(16)24(21)31-32(25)19-6-3-18(13-28)22(27)12-19/h3,5-7,11-12,14,21,25H,4,8-10H2,1-2H3,(H,29,33). The maximum atomic E-state index is 12.6. The summed E-state index contributed by atoms with van der Waals surface area (Å²) in [7, 11) is -3.15. The number of amides is 1. The molecule has 1 aliphatic carbocycles. The van der Waals surface area contributed by atoms with Crippen molar-refractivity contribution in [2.75, 3.05) is 23.6 Å². The van der Waals surface area contributed by atoms with E-state index in [1.54, 1.807) is 29.5 Å². The Labute approximate surface area is 224 Å². The van der Waals surface area contributed by atoms with Gasteiger partial charge in [-0.05, 0) is 55.7 Å². The fraction of sp³-hybridized carbons (Fsp3) is 0.308. The molecule has 2 heterocycles. The molecule has 2 aromatic carbocycles. The minimum Gasteiger partial charge on any atom is -0.351 e. The summed E-state index contributed by atoms with van der Waals surface area (Å²) >= 11 is 8.01. The van der Waals surface area contributed by atoms with Gasteiger partial charge in [-0.1, -0.05) is 17.7 Å². The third-order valence-electron chi connectivity index (χ3n) is 6.61. The maximum Gasteiger partial charge on any atom is 0.251 e. The number of halogens is 1. The fourth-order valence-corrected chi connectivity index (χ4v) is 6.49. The summed E-state index contributed by atoms with van der Waals surface area (Å²) in [6, 6.07) is 12.9. The highest BCUT2D eigenvalue weighted by Gasteiger charge is 2.43. The molecule has 0 spiro atoms. The van der Waals surface area contributed by atoms with Crippen molar-refractivity contribution in [1.82, 2.24) is 10.3 Å². The number of carbonyl (C=O) groups excluding carboxylic acids is 1. The lowest BCUT2D eigenvalue weighted by Crippen LogP contribution is -2.30. The number of nitrogens with one attached hydrogen (secondary N) is 1. The lowest BCUT2D eigenvalue weighted by molar-refractivity contribution is 0.0956. The summed E-state index contributed by atoms with van der Waals surface area (Å²) in [5, 5.41) is 20.4. The quantitative estimate of drug-likeness (QED) is 0.487. The van der Waals surface area contributed by atoms with Gasteiger partial charge in [0.05, 0.1) is 38.8 Å². The molecular formula is C26H24ClN5O3S2. The molecule has 2 unspecified atom stereocenters. The van der Waals surface area contributed by atoms with Gasteiger partial charge >= 0.3 is 0 Å². The fourth-order valence-electron chi connectivity index (χ4n) is 4.86. The number of carbonyl (C=O) groups is 1. The molecule has 1 aromatic heterocycles. The molecule has 3 aromatic rings. The largest absolute Gasteiger partial charge is 0.351 e. The number of aryl methyl sites for hydroxylation is 2. The zero-order valence-corrected chi connectivity index (χ0v) is 22.6. The van der Waals surface area contributed by atoms with Crippen molar-refractivity contribution < 1.29 is 13.2 Å². The molecular weight excluding hydrogens is 530 g/mol. The van der Waals surface area contributed by atoms with Crippen LogP contribution in [0.5, 0.6) is 0 Å². The number of hydrazone groups is 1. The summed E-state index contributed by atoms with van der Waals surface area (Å²) in [5.41, 5.74) is 4.68. The molecule has 0 fully saturated rings. The number of anilines is 1. The summed E-state index contributed by atoms with van der Waals surface area (Å²) in [6.45, 7) is 2.05. The lowest BCUT2D eigenvalue weighted by atomic mass is 9.78. The Morgan fingerprint density at radius 2 is 2.11 bits per heavy atom. The molecule has 0 saturated heterocycles. The van der Waals surface area contributed by atoms with Gasteiger partial charge in [0.2, 0.25) is 0 Å². The smallest absolute Gasteiger partial charge is 0.251 e. The molecule has 2 aliphatic rings. The van der Waals surface area contributed by atoms with Crippen molar-refractivity contribution in [2.24, 2.45) is 11.0 Å². The first-order valence-corrected chi connectivity index (χ1v) is 15.0. The molecule has 37 heavy (non-hydrogen) atoms. The molecule has 8 nitrogen and oxygen atoms in total. The van der Waals surface area contributed by atoms with Crippen LogP contribution < -0.4 is 10.3 Å². The van der Waals surface area contributed by atoms with Crippen molar-refractivity contribution in [3.63, 3.8) is 0 Å². The molecule has 0 bridgehead atoms. The molecule has 5 rings (SSSR count). The number of hydrogen-bond donors (Lipinski definition) is 1. The molecule has 2 atom stereocenters. The predicted octanol–water partition coefficient (Wildman–Crippen LogP) is 4.28. The molecule has 1 N–H and O–H groups in total. The maximum absolute atomic E-state index is 12.6. The van der Waals surface area contributed by atoms with Crippen LogP contribution in [0.25, 0.3) is 0 Å². The second-order valence-corrected chi connectivity index (χ2v) is 13.2. The Balaban J connectivity index is 1.48. The third kappa shape index (κ3) is 5.12. The normalized spacial score (nSPS) is 18.5. The summed E-state index contributed by atoms with van der Waals surface area (Å²) in [4.78, 5) is 18.2. The minimum atomic E-state index is -3.15. The van der Waals surface area contributed by atoms with E-state index in [-0.39, 0.29) is 30.2 Å². The number of benzene rings is 2. The van der Waals surface area contributed by atoms with Crippen LogP contribution in [0.4, 0.5) is 5.69 Å². The van der Waals surface area contributed by atoms with E-state index in [0.717, 1.165) is 51.5 Å². The highest BCUT2D eigenvalue weighted by Crippen LogP contribution is 2.47. The van der Waals surface area contributed by atoms with Crippen LogP contribution in [0.2, 0.25) is 5.02 Å². The van der Waals surface area contributed by atoms with Crippen molar-refractivity contribution in [3.8, 4) is 6.07 Å². The van der Waals surface area contributed by atoms with Crippen LogP contribution in [0.15, 0.2) is 47.7 Å². The van der Waals surface area contributed by atoms with Crippen molar-refractivity contribution >= 4 is 50.1 Å². The van der Waals surface area contributed by atoms with Crippen molar-refractivity contribution in [3.05, 3.63) is 79.8 Å². The van der Waals surface area contributed by atoms with E-state index in [2.05, 4.69) is 16.4 Å². The van der Waals surface area contributed by atoms with Gasteiger partial charge in [-0.2, -0.15) is 10.4 Å². The van der Waals surface area contributed by atoms with Gasteiger partial charge in [-0.15, -0.1) is 11.3 Å². The van der Waals surface area contributed by atoms with E-state index in [9.17, 15) is 18.5 Å². The summed E-state index contributed by atoms with van der Waals surface area (Å²) in [6.07, 6.45) is 4.67. The van der Waals surface area contributed by atoms with E-state index >= 15 is 0 Å². The molecule has 1 amide bonds. The molecule has 190 valence electrons. The topological polar surface area (TPSA) is 116 Å². The van der Waals surface area contributed by atoms with Crippen molar-refractivity contribution in [1.29, 1.82) is 5.26 Å². The average molecular weight is 554 g/mol. The van der Waals surface area contributed by atoms with Gasteiger partial charge in [0.15, 0.2) is 0 Å². The number of rotatable bonds is 6. The zero-order chi connectivity index (χ0) is 26.3. The first-order chi connectivity index (χ1) is 17.6. The van der Waals surface area contributed by atoms with E-state index in [4.69, 9.17) is 16.7 Å². The van der Waals surface area contributed by atoms with Crippen LogP contribution in [-0.2, 0) is 16.3 Å². The van der Waals surface area contributed by atoms with Gasteiger partial charge in [0, 0.05) is 40.9 Å². The van der Waals surface area contributed by atoms with Gasteiger partial charge in [0.1, 0.15) is 15.9 Å². The van der Waals surface area contributed by atoms with Gasteiger partial charge in [0.25, 0.3) is 5.91 Å². The first-order valence-electron chi connectivity index (χ1n) is 11.7. The second kappa shape index (κ2) is 9.89. The molecule has 0 radical (unpaired) electrons. The van der Waals surface area contributed by atoms with E-state index < -0.39 is 9.84 Å². The van der Waals surface area contributed by atoms with Gasteiger partial charge in [-0.25, -0.2) is 13.4 Å². The predicted molar refractivity (Wildman–Crippen MR) is 145 cm³/mol. The number of fused-ring (bicyclic) bond motifs is 3. The second-order valence-electron chi connectivity index (χ2n) is 9.24. The number of aromatic nitrogens is 1. The van der Waals surface area contributed by atoms with Crippen LogP contribution >= 0.6 is 22.9 Å². The van der Waals surface area contributed by atoms with Gasteiger partial charge in [-0.3, -0.25) is 9.80 Å². The first kappa shape index (κ1) is 25.4. The van der Waals surface area contributed by atoms with Gasteiger partial charge < -0.3 is 5.32 Å². The van der Waals surface area contributed by atoms with E-state index in [1.165, 1.54) is 0 Å². The Hall–Kier alpha value is -3.26. The number of hydrogen-bond acceptors (Lipinski definition) is 8. The minimum absolute atomic E-state index is 0.0580. The summed E-state index contributed by atoms with van der Waals surface area (Å²) < 4.78 is 22.7. The highest BCUT2D eigenvalue weighted by molar-refractivity contribution is 7.90. The van der Waals surface area contributed by atoms with Crippen LogP contribution in [0, 0.1) is 24.2 Å². The van der Waals surface area contributed by atoms with Crippen LogP contribution in [0.1, 0.15) is 49.4 Å². The summed E-state index contributed by atoms with van der Waals surface area (Å²) in [5.74, 6) is -0.277. The number of thiazole rings is 1. The molecule has 0 saturated carbocycles. The number of nitrogens with zero attached hydrogens (tertiary/aromatic N) is 4. The van der Waals surface area contributed by atoms with Crippen LogP contribution in [-0.4, -0.2) is 43.6 Å². The van der Waals surface area contributed by atoms with Crippen LogP contribution in [0.3, 0.4) is 0 Å². The molecule has 11 heteroatoms. The number of sulfone groups is 1. The third-order valence-corrected chi connectivity index (χ3v) is 8.85.